The van der Waals surface area contributed by atoms with Gasteiger partial charge < -0.3 is 71.7 Å². The third kappa shape index (κ3) is 24.6. The van der Waals surface area contributed by atoms with Crippen LogP contribution in [0.25, 0.3) is 0 Å². The number of rotatable bonds is 38. The zero-order chi connectivity index (χ0) is 68.7. The van der Waals surface area contributed by atoms with E-state index in [4.69, 9.17) is 0 Å². The number of amides is 10. The van der Waals surface area contributed by atoms with Crippen LogP contribution in [-0.2, 0) is 52.7 Å². The maximum Gasteiger partial charge on any atom is 0.328 e. The highest BCUT2D eigenvalue weighted by molar-refractivity contribution is 5.99. The van der Waals surface area contributed by atoms with Crippen LogP contribution in [0.5, 0.6) is 0 Å². The molecule has 0 aromatic heterocycles. The summed E-state index contributed by atoms with van der Waals surface area (Å²) in [6, 6.07) is -13.3. The van der Waals surface area contributed by atoms with Crippen LogP contribution in [-0.4, -0.2) is 226 Å². The molecule has 506 valence electrons. The van der Waals surface area contributed by atoms with E-state index in [0.29, 0.717) is 6.42 Å². The number of hydrogen-bond acceptors (Lipinski definition) is 14. The summed E-state index contributed by atoms with van der Waals surface area (Å²) in [5, 5.41) is 47.8. The maximum absolute atomic E-state index is 14.8. The summed E-state index contributed by atoms with van der Waals surface area (Å²) in [7, 11) is 8.68. The van der Waals surface area contributed by atoms with Crippen LogP contribution < -0.4 is 31.9 Å². The predicted molar refractivity (Wildman–Crippen MR) is 338 cm³/mol. The molecule has 1 unspecified atom stereocenters. The molecule has 25 nitrogen and oxygen atoms in total. The number of allylic oxidation sites excluding steroid dienone is 2. The molecular weight excluding hydrogens is 1130 g/mol. The number of carbonyl (C=O) groups excluding carboxylic acids is 10. The molecule has 0 aliphatic heterocycles. The number of aliphatic carboxylic acids is 1. The lowest BCUT2D eigenvalue weighted by Crippen LogP contribution is -2.63. The Bertz CT molecular complexity index is 2350. The number of hydrogen-bond donors (Lipinski definition) is 9. The van der Waals surface area contributed by atoms with E-state index in [-0.39, 0.29) is 67.6 Å². The average Bonchev–Trinajstić information content (AvgIpc) is 2.80. The van der Waals surface area contributed by atoms with Crippen molar-refractivity contribution in [3.63, 3.8) is 0 Å². The van der Waals surface area contributed by atoms with Gasteiger partial charge in [0, 0.05) is 35.2 Å². The van der Waals surface area contributed by atoms with Gasteiger partial charge in [0.25, 0.3) is 0 Å². The van der Waals surface area contributed by atoms with Crippen molar-refractivity contribution in [3.8, 4) is 0 Å². The summed E-state index contributed by atoms with van der Waals surface area (Å²) < 4.78 is 0. The minimum Gasteiger partial charge on any atom is -0.480 e. The first-order chi connectivity index (χ1) is 40.6. The van der Waals surface area contributed by atoms with Gasteiger partial charge in [0.2, 0.25) is 59.1 Å². The fourth-order valence-electron chi connectivity index (χ4n) is 10.5. The molecule has 25 heteroatoms. The lowest BCUT2D eigenvalue weighted by atomic mass is 9.91. The Labute approximate surface area is 525 Å². The smallest absolute Gasteiger partial charge is 0.328 e. The van der Waals surface area contributed by atoms with Gasteiger partial charge >= 0.3 is 5.97 Å². The minimum atomic E-state index is -1.78. The van der Waals surface area contributed by atoms with Gasteiger partial charge in [-0.1, -0.05) is 109 Å². The molecule has 0 heterocycles. The average molecular weight is 1250 g/mol. The van der Waals surface area contributed by atoms with Gasteiger partial charge in [0.1, 0.15) is 54.4 Å². The molecule has 0 rings (SSSR count). The first-order valence-corrected chi connectivity index (χ1v) is 31.3. The minimum absolute atomic E-state index is 0.0713. The van der Waals surface area contributed by atoms with Gasteiger partial charge in [-0.05, 0) is 115 Å². The predicted octanol–water partition coefficient (Wildman–Crippen LogP) is 2.51. The van der Waals surface area contributed by atoms with E-state index in [1.807, 2.05) is 69.2 Å². The Kier molecular flexibility index (Phi) is 35.7. The monoisotopic (exact) mass is 1250 g/mol. The molecule has 0 aliphatic carbocycles. The zero-order valence-corrected chi connectivity index (χ0v) is 57.5. The number of carboxylic acid groups (broad SMARTS) is 1. The van der Waals surface area contributed by atoms with E-state index in [2.05, 4.69) is 31.9 Å². The first kappa shape index (κ1) is 81.8. The number of aliphatic hydroxyl groups excluding tert-OH is 2. The third-order valence-electron chi connectivity index (χ3n) is 16.1. The Morgan fingerprint density at radius 2 is 0.818 bits per heavy atom. The molecule has 0 aromatic rings. The molecule has 0 saturated heterocycles. The van der Waals surface area contributed by atoms with Crippen molar-refractivity contribution in [1.82, 2.24) is 56.4 Å². The number of nitrogens with one attached hydrogen (secondary N) is 6. The number of carboxylic acids is 1. The molecule has 0 spiro atoms. The van der Waals surface area contributed by atoms with Crippen LogP contribution >= 0.6 is 0 Å². The summed E-state index contributed by atoms with van der Waals surface area (Å²) in [6.07, 6.45) is 1.86. The molecule has 88 heavy (non-hydrogen) atoms. The quantitative estimate of drug-likeness (QED) is 0.0401. The number of carbonyl (C=O) groups is 11. The number of aliphatic hydroxyl groups is 2. The van der Waals surface area contributed by atoms with Crippen LogP contribution in [0.15, 0.2) is 12.2 Å². The molecule has 0 radical (unpaired) electrons. The maximum atomic E-state index is 14.8. The van der Waals surface area contributed by atoms with Crippen LogP contribution in [0, 0.1) is 41.4 Å². The topological polar surface area (TPSA) is 337 Å². The summed E-state index contributed by atoms with van der Waals surface area (Å²) in [5.41, 5.74) is 0. The van der Waals surface area contributed by atoms with Crippen molar-refractivity contribution in [2.45, 2.75) is 242 Å². The normalized spacial score (nSPS) is 16.9. The van der Waals surface area contributed by atoms with Crippen molar-refractivity contribution in [1.29, 1.82) is 0 Å². The van der Waals surface area contributed by atoms with Crippen LogP contribution in [0.1, 0.15) is 163 Å². The highest BCUT2D eigenvalue weighted by Crippen LogP contribution is 2.24. The molecule has 0 aromatic carbocycles. The second kappa shape index (κ2) is 38.4. The van der Waals surface area contributed by atoms with Crippen molar-refractivity contribution in [3.05, 3.63) is 12.2 Å². The van der Waals surface area contributed by atoms with Crippen LogP contribution in [0.4, 0.5) is 0 Å². The van der Waals surface area contributed by atoms with E-state index < -0.39 is 150 Å². The van der Waals surface area contributed by atoms with Crippen molar-refractivity contribution in [2.24, 2.45) is 41.4 Å². The Hall–Kier alpha value is -6.21. The molecule has 0 saturated carbocycles. The molecule has 15 atom stereocenters. The second-order valence-electron chi connectivity index (χ2n) is 26.2. The SMILES string of the molecule is CC=CC[C@@H](C)[C@@H](O)[C@@H](C(=O)N[C@H](C(=O)O)[C@@H](C)O)N(C)C(=O)[C@H](C(C)C)N(C)C(=O)[C@H](CC(C)C)NC(=O)[C@H](CC(C)C)N(C)C(=O)[C@@H](C)NC(=O)[C@H](C)NC(=O)[C@H](CC(C)C)N(C)C(=O)[C@H](CC(C)C)NC(=O)[C@H](C(C)CC)N(C)C(=O)[C@@H](C)NC. The van der Waals surface area contributed by atoms with Crippen molar-refractivity contribution in [2.75, 3.05) is 42.3 Å². The van der Waals surface area contributed by atoms with E-state index >= 15 is 0 Å². The summed E-state index contributed by atoms with van der Waals surface area (Å²) >= 11 is 0. The summed E-state index contributed by atoms with van der Waals surface area (Å²) in [4.78, 5) is 160. The first-order valence-electron chi connectivity index (χ1n) is 31.3. The van der Waals surface area contributed by atoms with E-state index in [9.17, 15) is 68.1 Å². The van der Waals surface area contributed by atoms with Gasteiger partial charge in [0.15, 0.2) is 6.04 Å². The van der Waals surface area contributed by atoms with Crippen molar-refractivity contribution < 1.29 is 68.1 Å². The van der Waals surface area contributed by atoms with Gasteiger partial charge in [-0.15, -0.1) is 0 Å². The molecule has 0 aliphatic rings. The van der Waals surface area contributed by atoms with Gasteiger partial charge in [-0.3, -0.25) is 47.9 Å². The standard InChI is InChI=1S/C63H115N11O14/c1-25-27-28-39(14)52(76)51(57(81)69-48(43(18)75)63(87)88)74(24)62(86)49(37(11)12)72(22)61(85)45(30-34(5)6)67-55(79)47(32-36(9)10)70(20)59(83)42(17)66-53(77)40(15)65-54(78)46(31-35(7)8)71(21)60(84)44(29-33(3)4)68-56(80)50(38(13)26-2)73(23)58(82)41(16)64-19/h25,27,33-52,64,75-76H,26,28-32H2,1-24H3,(H,65,78)(H,66,77)(H,67,79)(H,68,80)(H,69,81)(H,87,88)/t38?,39-,40+,41-,42-,43-,44+,45+,46+,47+,48+,49+,50+,51+,52-/m1/s1. The Morgan fingerprint density at radius 3 is 1.23 bits per heavy atom. The number of likely N-dealkylation sites (N-methyl/N-ethyl adjacent to an activating group) is 6. The lowest BCUT2D eigenvalue weighted by molar-refractivity contribution is -0.155. The number of nitrogens with zero attached hydrogens (tertiary/aromatic N) is 5. The largest absolute Gasteiger partial charge is 0.480 e. The van der Waals surface area contributed by atoms with Crippen LogP contribution in [0.3, 0.4) is 0 Å². The van der Waals surface area contributed by atoms with E-state index in [0.717, 1.165) is 9.80 Å². The van der Waals surface area contributed by atoms with Crippen LogP contribution in [0.2, 0.25) is 0 Å². The molecule has 0 fully saturated rings. The zero-order valence-electron chi connectivity index (χ0n) is 57.5. The summed E-state index contributed by atoms with van der Waals surface area (Å²) in [6.45, 7) is 31.0. The molecule has 10 amide bonds. The molecule has 9 N–H and O–H groups in total. The fraction of sp³-hybridized carbons (Fsp3) is 0.794. The highest BCUT2D eigenvalue weighted by atomic mass is 16.4. The highest BCUT2D eigenvalue weighted by Gasteiger charge is 2.45. The Balaban J connectivity index is 6.87. The second-order valence-corrected chi connectivity index (χ2v) is 26.2. The summed E-state index contributed by atoms with van der Waals surface area (Å²) in [5.74, 6) is -10.3. The van der Waals surface area contributed by atoms with Gasteiger partial charge in [-0.2, -0.15) is 0 Å². The molecular formula is C63H115N11O14. The van der Waals surface area contributed by atoms with Gasteiger partial charge in [0.05, 0.1) is 18.2 Å². The Morgan fingerprint density at radius 1 is 0.432 bits per heavy atom. The fourth-order valence-corrected chi connectivity index (χ4v) is 10.5. The lowest BCUT2D eigenvalue weighted by Gasteiger charge is -2.40. The van der Waals surface area contributed by atoms with Crippen molar-refractivity contribution >= 4 is 65.0 Å². The van der Waals surface area contributed by atoms with E-state index in [1.165, 1.54) is 63.7 Å². The van der Waals surface area contributed by atoms with E-state index in [1.54, 1.807) is 60.9 Å². The molecule has 0 bridgehead atoms. The third-order valence-corrected chi connectivity index (χ3v) is 16.1. The van der Waals surface area contributed by atoms with Gasteiger partial charge in [-0.25, -0.2) is 4.79 Å².